The van der Waals surface area contributed by atoms with Gasteiger partial charge in [-0.1, -0.05) is 60.7 Å². The average Bonchev–Trinajstić information content (AvgIpc) is 2.86. The lowest BCUT2D eigenvalue weighted by Crippen LogP contribution is -2.47. The molecule has 172 valence electrons. The fourth-order valence-electron chi connectivity index (χ4n) is 3.69. The molecular weight excluding hydrogens is 432 g/mol. The van der Waals surface area contributed by atoms with Crippen molar-refractivity contribution in [3.63, 3.8) is 0 Å². The zero-order chi connectivity index (χ0) is 24.1. The fourth-order valence-corrected chi connectivity index (χ4v) is 3.69. The Bertz CT molecular complexity index is 1400. The summed E-state index contributed by atoms with van der Waals surface area (Å²) < 4.78 is 6.99. The summed E-state index contributed by atoms with van der Waals surface area (Å²) in [4.78, 5) is 42.2. The van der Waals surface area contributed by atoms with Gasteiger partial charge < -0.3 is 4.74 Å². The van der Waals surface area contributed by atoms with Crippen molar-refractivity contribution in [2.45, 2.75) is 19.9 Å². The maximum atomic E-state index is 12.9. The number of carbonyl (C=O) groups is 2. The lowest BCUT2D eigenvalue weighted by Gasteiger charge is -2.18. The number of rotatable bonds is 6. The maximum absolute atomic E-state index is 12.9. The van der Waals surface area contributed by atoms with Crippen LogP contribution < -0.4 is 21.1 Å². The van der Waals surface area contributed by atoms with Crippen LogP contribution in [0.4, 0.5) is 0 Å². The first-order valence-electron chi connectivity index (χ1n) is 10.8. The second-order valence-corrected chi connectivity index (χ2v) is 7.72. The van der Waals surface area contributed by atoms with Gasteiger partial charge in [0.1, 0.15) is 17.6 Å². The van der Waals surface area contributed by atoms with Crippen molar-refractivity contribution in [2.24, 2.45) is 0 Å². The third kappa shape index (κ3) is 4.80. The first kappa shape index (κ1) is 22.7. The number of ether oxygens (including phenoxy) is 1. The molecule has 0 bridgehead atoms. The van der Waals surface area contributed by atoms with E-state index in [0.717, 1.165) is 11.1 Å². The molecule has 0 fully saturated rings. The second kappa shape index (κ2) is 9.99. The Morgan fingerprint density at radius 1 is 0.941 bits per heavy atom. The van der Waals surface area contributed by atoms with Gasteiger partial charge in [-0.3, -0.25) is 29.8 Å². The number of hydrogen-bond donors (Lipinski definition) is 2. The van der Waals surface area contributed by atoms with E-state index in [1.165, 1.54) is 4.57 Å². The SMILES string of the molecule is Cc1nc2ccccc2c(=O)n1[C@H](C)C(=O)NNC(=O)COc1ccccc1-c1ccccc1. The highest BCUT2D eigenvalue weighted by atomic mass is 16.5. The van der Waals surface area contributed by atoms with Gasteiger partial charge in [0.2, 0.25) is 0 Å². The topological polar surface area (TPSA) is 102 Å². The molecule has 1 heterocycles. The van der Waals surface area contributed by atoms with Gasteiger partial charge in [-0.15, -0.1) is 0 Å². The minimum absolute atomic E-state index is 0.297. The third-order valence-corrected chi connectivity index (χ3v) is 5.41. The molecule has 0 aliphatic heterocycles. The van der Waals surface area contributed by atoms with Crippen molar-refractivity contribution in [2.75, 3.05) is 6.61 Å². The third-order valence-electron chi connectivity index (χ3n) is 5.41. The van der Waals surface area contributed by atoms with E-state index in [9.17, 15) is 14.4 Å². The first-order valence-corrected chi connectivity index (χ1v) is 10.8. The normalized spacial score (nSPS) is 11.6. The lowest BCUT2D eigenvalue weighted by molar-refractivity contribution is -0.131. The highest BCUT2D eigenvalue weighted by Crippen LogP contribution is 2.29. The van der Waals surface area contributed by atoms with Crippen LogP contribution in [0.2, 0.25) is 0 Å². The molecule has 0 radical (unpaired) electrons. The van der Waals surface area contributed by atoms with Gasteiger partial charge in [0.15, 0.2) is 6.61 Å². The summed E-state index contributed by atoms with van der Waals surface area (Å²) >= 11 is 0. The van der Waals surface area contributed by atoms with Crippen LogP contribution in [0.15, 0.2) is 83.7 Å². The Morgan fingerprint density at radius 2 is 1.62 bits per heavy atom. The number of nitrogens with one attached hydrogen (secondary N) is 2. The summed E-state index contributed by atoms with van der Waals surface area (Å²) in [5, 5.41) is 0.419. The number of hydrazine groups is 1. The van der Waals surface area contributed by atoms with Crippen molar-refractivity contribution >= 4 is 22.7 Å². The van der Waals surface area contributed by atoms with E-state index in [2.05, 4.69) is 15.8 Å². The van der Waals surface area contributed by atoms with E-state index in [4.69, 9.17) is 4.74 Å². The summed E-state index contributed by atoms with van der Waals surface area (Å²) in [6, 6.07) is 23.1. The molecule has 0 aliphatic carbocycles. The monoisotopic (exact) mass is 456 g/mol. The number of aryl methyl sites for hydroxylation is 1. The molecule has 2 amide bonds. The Hall–Kier alpha value is -4.46. The van der Waals surface area contributed by atoms with Crippen LogP contribution in [0.3, 0.4) is 0 Å². The Balaban J connectivity index is 1.39. The summed E-state index contributed by atoms with van der Waals surface area (Å²) in [6.07, 6.45) is 0. The highest BCUT2D eigenvalue weighted by Gasteiger charge is 2.20. The van der Waals surface area contributed by atoms with Crippen molar-refractivity contribution in [1.82, 2.24) is 20.4 Å². The highest BCUT2D eigenvalue weighted by molar-refractivity contribution is 5.85. The van der Waals surface area contributed by atoms with E-state index in [1.807, 2.05) is 48.5 Å². The molecule has 2 N–H and O–H groups in total. The van der Waals surface area contributed by atoms with Gasteiger partial charge in [-0.05, 0) is 37.6 Å². The molecule has 4 aromatic rings. The molecule has 4 rings (SSSR count). The molecule has 1 aromatic heterocycles. The molecule has 34 heavy (non-hydrogen) atoms. The number of fused-ring (bicyclic) bond motifs is 1. The largest absolute Gasteiger partial charge is 0.483 e. The Labute approximate surface area is 196 Å². The predicted molar refractivity (Wildman–Crippen MR) is 129 cm³/mol. The van der Waals surface area contributed by atoms with Gasteiger partial charge in [0.05, 0.1) is 10.9 Å². The Morgan fingerprint density at radius 3 is 2.41 bits per heavy atom. The predicted octanol–water partition coefficient (Wildman–Crippen LogP) is 3.16. The smallest absolute Gasteiger partial charge is 0.276 e. The summed E-state index contributed by atoms with van der Waals surface area (Å²) in [5.41, 5.74) is 6.76. The van der Waals surface area contributed by atoms with Gasteiger partial charge in [0, 0.05) is 5.56 Å². The lowest BCUT2D eigenvalue weighted by atomic mass is 10.1. The molecular formula is C26H24N4O4. The molecule has 1 atom stereocenters. The van der Waals surface area contributed by atoms with Gasteiger partial charge >= 0.3 is 0 Å². The standard InChI is InChI=1S/C26H24N4O4/c1-17(30-18(2)27-22-14-8-6-13-21(22)26(30)33)25(32)29-28-24(31)16-34-23-15-9-7-12-20(23)19-10-4-3-5-11-19/h3-15,17H,16H2,1-2H3,(H,28,31)(H,29,32)/t17-/m1/s1. The van der Waals surface area contributed by atoms with E-state index in [0.29, 0.717) is 22.5 Å². The summed E-state index contributed by atoms with van der Waals surface area (Å²) in [6.45, 7) is 2.93. The van der Waals surface area contributed by atoms with Crippen LogP contribution in [0.25, 0.3) is 22.0 Å². The molecule has 3 aromatic carbocycles. The number of amides is 2. The number of benzene rings is 3. The van der Waals surface area contributed by atoms with E-state index < -0.39 is 17.9 Å². The van der Waals surface area contributed by atoms with E-state index in [-0.39, 0.29) is 12.2 Å². The number of aromatic nitrogens is 2. The minimum Gasteiger partial charge on any atom is -0.483 e. The van der Waals surface area contributed by atoms with Crippen molar-refractivity contribution < 1.29 is 14.3 Å². The molecule has 0 saturated heterocycles. The molecule has 8 nitrogen and oxygen atoms in total. The molecule has 0 unspecified atom stereocenters. The molecule has 0 aliphatic rings. The van der Waals surface area contributed by atoms with Crippen molar-refractivity contribution in [3.8, 4) is 16.9 Å². The van der Waals surface area contributed by atoms with Crippen LogP contribution in [-0.4, -0.2) is 28.0 Å². The zero-order valence-electron chi connectivity index (χ0n) is 18.8. The van der Waals surface area contributed by atoms with E-state index >= 15 is 0 Å². The second-order valence-electron chi connectivity index (χ2n) is 7.72. The Kier molecular flexibility index (Phi) is 6.68. The molecule has 8 heteroatoms. The first-order chi connectivity index (χ1) is 16.5. The number of nitrogens with zero attached hydrogens (tertiary/aromatic N) is 2. The number of hydrogen-bond acceptors (Lipinski definition) is 5. The molecule has 0 saturated carbocycles. The quantitative estimate of drug-likeness (QED) is 0.434. The van der Waals surface area contributed by atoms with Crippen LogP contribution in [-0.2, 0) is 9.59 Å². The van der Waals surface area contributed by atoms with Crippen molar-refractivity contribution in [1.29, 1.82) is 0 Å². The minimum atomic E-state index is -0.885. The summed E-state index contributed by atoms with van der Waals surface area (Å²) in [5.74, 6) is -0.143. The number of para-hydroxylation sites is 2. The van der Waals surface area contributed by atoms with Crippen LogP contribution in [0.5, 0.6) is 5.75 Å². The number of carbonyl (C=O) groups excluding carboxylic acids is 2. The van der Waals surface area contributed by atoms with E-state index in [1.54, 1.807) is 44.2 Å². The maximum Gasteiger partial charge on any atom is 0.276 e. The average molecular weight is 457 g/mol. The van der Waals surface area contributed by atoms with Crippen LogP contribution in [0.1, 0.15) is 18.8 Å². The van der Waals surface area contributed by atoms with Crippen LogP contribution in [0, 0.1) is 6.92 Å². The van der Waals surface area contributed by atoms with Crippen LogP contribution >= 0.6 is 0 Å². The van der Waals surface area contributed by atoms with Crippen molar-refractivity contribution in [3.05, 3.63) is 95.0 Å². The molecule has 0 spiro atoms. The van der Waals surface area contributed by atoms with Gasteiger partial charge in [-0.25, -0.2) is 4.98 Å². The van der Waals surface area contributed by atoms with Gasteiger partial charge in [-0.2, -0.15) is 0 Å². The zero-order valence-corrected chi connectivity index (χ0v) is 18.8. The summed E-state index contributed by atoms with van der Waals surface area (Å²) in [7, 11) is 0. The van der Waals surface area contributed by atoms with Gasteiger partial charge in [0.25, 0.3) is 17.4 Å². The fraction of sp³-hybridized carbons (Fsp3) is 0.154.